The normalized spacial score (nSPS) is 22.7. The van der Waals surface area contributed by atoms with Gasteiger partial charge in [0.2, 0.25) is 0 Å². The summed E-state index contributed by atoms with van der Waals surface area (Å²) in [6.07, 6.45) is -1.30. The summed E-state index contributed by atoms with van der Waals surface area (Å²) in [7, 11) is 0. The van der Waals surface area contributed by atoms with Crippen LogP contribution in [-0.4, -0.2) is 13.0 Å². The van der Waals surface area contributed by atoms with Crippen LogP contribution < -0.4 is 9.47 Å². The van der Waals surface area contributed by atoms with Crippen LogP contribution in [0.15, 0.2) is 10.8 Å². The molecule has 2 heterocycles. The van der Waals surface area contributed by atoms with Gasteiger partial charge < -0.3 is 9.47 Å². The maximum Gasteiger partial charge on any atom is 0.272 e. The standard InChI is InChI=1S/C6H5FO2S/c7-6-1-8-4-2-10-3-5(4)9-6/h2-3,6H,1H2. The average Bonchev–Trinajstić information content (AvgIpc) is 2.33. The van der Waals surface area contributed by atoms with Crippen LogP contribution in [0.25, 0.3) is 0 Å². The molecule has 1 aromatic rings. The molecule has 0 N–H and O–H groups in total. The SMILES string of the molecule is FC1COc2cscc2O1. The number of alkyl halides is 1. The summed E-state index contributed by atoms with van der Waals surface area (Å²) in [5, 5.41) is 3.52. The monoisotopic (exact) mass is 160 g/mol. The molecule has 10 heavy (non-hydrogen) atoms. The fraction of sp³-hybridized carbons (Fsp3) is 0.333. The van der Waals surface area contributed by atoms with Crippen molar-refractivity contribution >= 4 is 11.3 Å². The fourth-order valence-electron chi connectivity index (χ4n) is 0.792. The molecule has 54 valence electrons. The predicted molar refractivity (Wildman–Crippen MR) is 35.3 cm³/mol. The Kier molecular flexibility index (Phi) is 1.27. The van der Waals surface area contributed by atoms with Gasteiger partial charge in [-0.25, -0.2) is 0 Å². The number of hydrogen-bond donors (Lipinski definition) is 0. The Bertz CT molecular complexity index is 235. The first-order chi connectivity index (χ1) is 4.86. The second kappa shape index (κ2) is 2.12. The molecule has 2 rings (SSSR count). The Balaban J connectivity index is 2.30. The highest BCUT2D eigenvalue weighted by atomic mass is 32.1. The van der Waals surface area contributed by atoms with Crippen molar-refractivity contribution in [2.45, 2.75) is 6.36 Å². The molecular formula is C6H5FO2S. The average molecular weight is 160 g/mol. The number of thiophene rings is 1. The number of rotatable bonds is 0. The smallest absolute Gasteiger partial charge is 0.272 e. The summed E-state index contributed by atoms with van der Waals surface area (Å²) < 4.78 is 22.2. The minimum absolute atomic E-state index is 0.00370. The molecule has 1 aliphatic rings. The summed E-state index contributed by atoms with van der Waals surface area (Å²) in [4.78, 5) is 0. The van der Waals surface area contributed by atoms with E-state index in [4.69, 9.17) is 9.47 Å². The Hall–Kier alpha value is -0.770. The summed E-state index contributed by atoms with van der Waals surface area (Å²) in [6, 6.07) is 0. The van der Waals surface area contributed by atoms with Crippen molar-refractivity contribution in [3.05, 3.63) is 10.8 Å². The van der Waals surface area contributed by atoms with E-state index in [1.54, 1.807) is 10.8 Å². The minimum Gasteiger partial charge on any atom is -0.482 e. The first kappa shape index (κ1) is 5.97. The van der Waals surface area contributed by atoms with E-state index < -0.39 is 6.36 Å². The highest BCUT2D eigenvalue weighted by molar-refractivity contribution is 7.08. The van der Waals surface area contributed by atoms with Gasteiger partial charge in [-0.15, -0.1) is 11.3 Å². The van der Waals surface area contributed by atoms with Gasteiger partial charge >= 0.3 is 0 Å². The van der Waals surface area contributed by atoms with Gasteiger partial charge in [0.15, 0.2) is 18.1 Å². The van der Waals surface area contributed by atoms with E-state index in [0.29, 0.717) is 11.5 Å². The van der Waals surface area contributed by atoms with Crippen LogP contribution in [-0.2, 0) is 0 Å². The number of fused-ring (bicyclic) bond motifs is 1. The van der Waals surface area contributed by atoms with Gasteiger partial charge in [0.05, 0.1) is 0 Å². The van der Waals surface area contributed by atoms with E-state index in [1.165, 1.54) is 11.3 Å². The van der Waals surface area contributed by atoms with Crippen molar-refractivity contribution in [1.29, 1.82) is 0 Å². The maximum atomic E-state index is 12.4. The lowest BCUT2D eigenvalue weighted by atomic mass is 10.5. The number of ether oxygens (including phenoxy) is 2. The van der Waals surface area contributed by atoms with E-state index in [1.807, 2.05) is 0 Å². The van der Waals surface area contributed by atoms with Gasteiger partial charge in [0.1, 0.15) is 0 Å². The molecule has 4 heteroatoms. The second-order valence-electron chi connectivity index (χ2n) is 1.94. The van der Waals surface area contributed by atoms with Crippen LogP contribution in [0, 0.1) is 0 Å². The van der Waals surface area contributed by atoms with E-state index in [0.717, 1.165) is 0 Å². The topological polar surface area (TPSA) is 18.5 Å². The van der Waals surface area contributed by atoms with Crippen molar-refractivity contribution in [2.24, 2.45) is 0 Å². The first-order valence-electron chi connectivity index (χ1n) is 2.86. The largest absolute Gasteiger partial charge is 0.482 e. The quantitative estimate of drug-likeness (QED) is 0.576. The van der Waals surface area contributed by atoms with E-state index in [2.05, 4.69) is 0 Å². The third kappa shape index (κ3) is 0.844. The van der Waals surface area contributed by atoms with Gasteiger partial charge in [-0.2, -0.15) is 4.39 Å². The lowest BCUT2D eigenvalue weighted by Gasteiger charge is -2.17. The summed E-state index contributed by atoms with van der Waals surface area (Å²) >= 11 is 1.44. The molecule has 1 atom stereocenters. The summed E-state index contributed by atoms with van der Waals surface area (Å²) in [6.45, 7) is 0.00370. The Morgan fingerprint density at radius 1 is 1.50 bits per heavy atom. The van der Waals surface area contributed by atoms with Crippen LogP contribution in [0.2, 0.25) is 0 Å². The molecule has 0 saturated heterocycles. The van der Waals surface area contributed by atoms with Crippen LogP contribution in [0.5, 0.6) is 11.5 Å². The number of hydrogen-bond acceptors (Lipinski definition) is 3. The van der Waals surface area contributed by atoms with Crippen molar-refractivity contribution < 1.29 is 13.9 Å². The van der Waals surface area contributed by atoms with E-state index >= 15 is 0 Å². The highest BCUT2D eigenvalue weighted by Gasteiger charge is 2.19. The minimum atomic E-state index is -1.30. The molecule has 0 aliphatic carbocycles. The van der Waals surface area contributed by atoms with Crippen LogP contribution in [0.1, 0.15) is 0 Å². The van der Waals surface area contributed by atoms with Gasteiger partial charge in [-0.1, -0.05) is 0 Å². The Morgan fingerprint density at radius 3 is 3.20 bits per heavy atom. The molecular weight excluding hydrogens is 155 g/mol. The number of halogens is 1. The summed E-state index contributed by atoms with van der Waals surface area (Å²) in [5.74, 6) is 1.17. The van der Waals surface area contributed by atoms with Gasteiger partial charge in [-0.3, -0.25) is 0 Å². The molecule has 0 fully saturated rings. The zero-order valence-electron chi connectivity index (χ0n) is 5.04. The third-order valence-corrected chi connectivity index (χ3v) is 1.92. The zero-order chi connectivity index (χ0) is 6.97. The lowest BCUT2D eigenvalue weighted by Crippen LogP contribution is -2.23. The first-order valence-corrected chi connectivity index (χ1v) is 3.80. The highest BCUT2D eigenvalue weighted by Crippen LogP contribution is 2.35. The second-order valence-corrected chi connectivity index (χ2v) is 2.68. The molecule has 0 bridgehead atoms. The zero-order valence-corrected chi connectivity index (χ0v) is 5.86. The van der Waals surface area contributed by atoms with Gasteiger partial charge in [-0.05, 0) is 0 Å². The van der Waals surface area contributed by atoms with Crippen molar-refractivity contribution in [1.82, 2.24) is 0 Å². The molecule has 0 spiro atoms. The molecule has 2 nitrogen and oxygen atoms in total. The fourth-order valence-corrected chi connectivity index (χ4v) is 1.46. The van der Waals surface area contributed by atoms with Crippen LogP contribution in [0.3, 0.4) is 0 Å². The van der Waals surface area contributed by atoms with Gasteiger partial charge in [0.25, 0.3) is 6.36 Å². The Labute approximate surface area is 61.2 Å². The molecule has 1 aromatic heterocycles. The van der Waals surface area contributed by atoms with E-state index in [9.17, 15) is 4.39 Å². The molecule has 0 radical (unpaired) electrons. The maximum absolute atomic E-state index is 12.4. The van der Waals surface area contributed by atoms with Crippen LogP contribution >= 0.6 is 11.3 Å². The van der Waals surface area contributed by atoms with E-state index in [-0.39, 0.29) is 6.61 Å². The molecule has 0 amide bonds. The summed E-state index contributed by atoms with van der Waals surface area (Å²) in [5.41, 5.74) is 0. The Morgan fingerprint density at radius 2 is 2.30 bits per heavy atom. The molecule has 1 aliphatic heterocycles. The predicted octanol–water partition coefficient (Wildman–Crippen LogP) is 1.81. The van der Waals surface area contributed by atoms with Crippen molar-refractivity contribution in [3.63, 3.8) is 0 Å². The van der Waals surface area contributed by atoms with Crippen LogP contribution in [0.4, 0.5) is 4.39 Å². The van der Waals surface area contributed by atoms with Gasteiger partial charge in [0, 0.05) is 10.8 Å². The third-order valence-electron chi connectivity index (χ3n) is 1.22. The van der Waals surface area contributed by atoms with Crippen molar-refractivity contribution in [2.75, 3.05) is 6.61 Å². The van der Waals surface area contributed by atoms with Crippen molar-refractivity contribution in [3.8, 4) is 11.5 Å². The lowest BCUT2D eigenvalue weighted by molar-refractivity contribution is -0.00197. The molecule has 1 unspecified atom stereocenters. The molecule has 0 aromatic carbocycles. The molecule has 0 saturated carbocycles.